The number of hydrogen-bond donors (Lipinski definition) is 1. The number of nitrogens with zero attached hydrogens (tertiary/aromatic N) is 1. The number of nitro benzene ring substituents is 1. The summed E-state index contributed by atoms with van der Waals surface area (Å²) in [7, 11) is 2.89. The van der Waals surface area contributed by atoms with Crippen LogP contribution in [0, 0.1) is 10.1 Å². The Kier molecular flexibility index (Phi) is 5.93. The maximum atomic E-state index is 13.2. The number of ether oxygens (including phenoxy) is 3. The van der Waals surface area contributed by atoms with E-state index in [2.05, 4.69) is 5.32 Å². The van der Waals surface area contributed by atoms with Gasteiger partial charge in [-0.05, 0) is 24.6 Å². The number of carbonyl (C=O) groups excluding carboxylic acids is 1. The van der Waals surface area contributed by atoms with E-state index in [9.17, 15) is 14.9 Å². The van der Waals surface area contributed by atoms with Crippen molar-refractivity contribution in [1.82, 2.24) is 5.32 Å². The van der Waals surface area contributed by atoms with Gasteiger partial charge in [0.15, 0.2) is 11.5 Å². The van der Waals surface area contributed by atoms with Gasteiger partial charge in [0.25, 0.3) is 5.69 Å². The van der Waals surface area contributed by atoms with Crippen molar-refractivity contribution in [1.29, 1.82) is 0 Å². The Hall–Kier alpha value is -4.07. The molecule has 8 nitrogen and oxygen atoms in total. The van der Waals surface area contributed by atoms with Crippen molar-refractivity contribution in [3.63, 3.8) is 0 Å². The average Bonchev–Trinajstić information content (AvgIpc) is 2.81. The zero-order valence-electron chi connectivity index (χ0n) is 17.7. The second-order valence-electron chi connectivity index (χ2n) is 7.24. The lowest BCUT2D eigenvalue weighted by Gasteiger charge is -2.27. The molecule has 0 fully saturated rings. The summed E-state index contributed by atoms with van der Waals surface area (Å²) in [5.41, 5.74) is 1.92. The number of nitro groups is 1. The molecule has 0 bridgehead atoms. The van der Waals surface area contributed by atoms with E-state index in [0.717, 1.165) is 11.1 Å². The van der Waals surface area contributed by atoms with Gasteiger partial charge in [-0.15, -0.1) is 0 Å². The van der Waals surface area contributed by atoms with E-state index in [1.54, 1.807) is 6.07 Å². The van der Waals surface area contributed by atoms with Crippen LogP contribution in [0.15, 0.2) is 60.7 Å². The van der Waals surface area contributed by atoms with Crippen LogP contribution in [0.25, 0.3) is 0 Å². The van der Waals surface area contributed by atoms with Gasteiger partial charge in [0.05, 0.1) is 31.1 Å². The Morgan fingerprint density at radius 1 is 1.00 bits per heavy atom. The fraction of sp³-hybridized carbons (Fsp3) is 0.208. The van der Waals surface area contributed by atoms with E-state index in [-0.39, 0.29) is 30.3 Å². The summed E-state index contributed by atoms with van der Waals surface area (Å²) in [6.45, 7) is 0.219. The molecule has 0 aliphatic carbocycles. The first-order valence-electron chi connectivity index (χ1n) is 10.1. The Bertz CT molecular complexity index is 1130. The molecule has 1 heterocycles. The lowest BCUT2D eigenvalue weighted by Crippen LogP contribution is -2.33. The van der Waals surface area contributed by atoms with Gasteiger partial charge in [0.1, 0.15) is 11.5 Å². The number of methoxy groups -OCH3 is 2. The summed E-state index contributed by atoms with van der Waals surface area (Å²) in [4.78, 5) is 24.3. The summed E-state index contributed by atoms with van der Waals surface area (Å²) < 4.78 is 16.4. The highest BCUT2D eigenvalue weighted by molar-refractivity contribution is 5.89. The third kappa shape index (κ3) is 3.94. The van der Waals surface area contributed by atoms with E-state index in [1.807, 2.05) is 48.5 Å². The zero-order chi connectivity index (χ0) is 22.7. The van der Waals surface area contributed by atoms with Crippen LogP contribution in [0.4, 0.5) is 5.69 Å². The van der Waals surface area contributed by atoms with Crippen LogP contribution in [-0.4, -0.2) is 31.6 Å². The van der Waals surface area contributed by atoms with Crippen molar-refractivity contribution in [2.45, 2.75) is 12.3 Å². The lowest BCUT2D eigenvalue weighted by molar-refractivity contribution is -0.385. The molecule has 0 aromatic heterocycles. The zero-order valence-corrected chi connectivity index (χ0v) is 17.7. The molecule has 3 aromatic carbocycles. The molecule has 0 spiro atoms. The molecule has 0 atom stereocenters. The summed E-state index contributed by atoms with van der Waals surface area (Å²) in [5, 5.41) is 14.4. The number of nitrogens with one attached hydrogen (secondary N) is 1. The van der Waals surface area contributed by atoms with Crippen LogP contribution >= 0.6 is 0 Å². The van der Waals surface area contributed by atoms with E-state index in [4.69, 9.17) is 14.2 Å². The standard InChI is InChI=1S/C24H22N2O6/c1-30-21-13-15(18(26(28)29)14-22(21)31-2)11-12-25-24(27)23-16-7-3-5-9-19(16)32-20-10-6-4-8-17(20)23/h3-10,13-14,23H,11-12H2,1-2H3,(H,25,27). The maximum absolute atomic E-state index is 13.2. The maximum Gasteiger partial charge on any atom is 0.276 e. The topological polar surface area (TPSA) is 99.9 Å². The first-order chi connectivity index (χ1) is 15.5. The molecule has 0 saturated carbocycles. The summed E-state index contributed by atoms with van der Waals surface area (Å²) in [5.74, 6) is 1.23. The average molecular weight is 434 g/mol. The van der Waals surface area contributed by atoms with Crippen LogP contribution in [-0.2, 0) is 11.2 Å². The highest BCUT2D eigenvalue weighted by atomic mass is 16.6. The Balaban J connectivity index is 1.55. The normalized spacial score (nSPS) is 12.2. The second kappa shape index (κ2) is 8.97. The molecule has 0 radical (unpaired) electrons. The number of amides is 1. The van der Waals surface area contributed by atoms with Gasteiger partial charge in [-0.2, -0.15) is 0 Å². The number of carbonyl (C=O) groups is 1. The van der Waals surface area contributed by atoms with Gasteiger partial charge in [0, 0.05) is 23.2 Å². The highest BCUT2D eigenvalue weighted by Crippen LogP contribution is 2.44. The van der Waals surface area contributed by atoms with Crippen LogP contribution in [0.5, 0.6) is 23.0 Å². The molecule has 3 aromatic rings. The summed E-state index contributed by atoms with van der Waals surface area (Å²) >= 11 is 0. The molecule has 1 N–H and O–H groups in total. The second-order valence-corrected chi connectivity index (χ2v) is 7.24. The minimum atomic E-state index is -0.531. The molecule has 164 valence electrons. The van der Waals surface area contributed by atoms with Crippen molar-refractivity contribution in [2.24, 2.45) is 0 Å². The first-order valence-corrected chi connectivity index (χ1v) is 10.1. The van der Waals surface area contributed by atoms with Gasteiger partial charge in [-0.3, -0.25) is 14.9 Å². The smallest absolute Gasteiger partial charge is 0.276 e. The fourth-order valence-corrected chi connectivity index (χ4v) is 3.90. The van der Waals surface area contributed by atoms with Crippen LogP contribution < -0.4 is 19.5 Å². The van der Waals surface area contributed by atoms with Gasteiger partial charge in [0.2, 0.25) is 5.91 Å². The predicted molar refractivity (Wildman–Crippen MR) is 118 cm³/mol. The molecule has 0 unspecified atom stereocenters. The first kappa shape index (κ1) is 21.2. The quantitative estimate of drug-likeness (QED) is 0.442. The van der Waals surface area contributed by atoms with E-state index in [0.29, 0.717) is 22.8 Å². The van der Waals surface area contributed by atoms with Crippen molar-refractivity contribution in [3.8, 4) is 23.0 Å². The molecule has 1 aliphatic rings. The molecule has 1 aliphatic heterocycles. The number of fused-ring (bicyclic) bond motifs is 2. The van der Waals surface area contributed by atoms with Gasteiger partial charge >= 0.3 is 0 Å². The molecule has 1 amide bonds. The molecule has 4 rings (SSSR count). The molecule has 8 heteroatoms. The van der Waals surface area contributed by atoms with Gasteiger partial charge in [-0.25, -0.2) is 0 Å². The number of rotatable bonds is 7. The number of benzene rings is 3. The molecular formula is C24H22N2O6. The predicted octanol–water partition coefficient (Wildman–Crippen LogP) is 4.21. The largest absolute Gasteiger partial charge is 0.493 e. The van der Waals surface area contributed by atoms with E-state index < -0.39 is 10.8 Å². The Morgan fingerprint density at radius 3 is 2.12 bits per heavy atom. The fourth-order valence-electron chi connectivity index (χ4n) is 3.90. The highest BCUT2D eigenvalue weighted by Gasteiger charge is 2.32. The minimum Gasteiger partial charge on any atom is -0.493 e. The number of hydrogen-bond acceptors (Lipinski definition) is 6. The van der Waals surface area contributed by atoms with Crippen LogP contribution in [0.3, 0.4) is 0 Å². The van der Waals surface area contributed by atoms with Crippen molar-refractivity contribution < 1.29 is 23.9 Å². The van der Waals surface area contributed by atoms with E-state index >= 15 is 0 Å². The van der Waals surface area contributed by atoms with Gasteiger partial charge in [-0.1, -0.05) is 36.4 Å². The molecule has 32 heavy (non-hydrogen) atoms. The third-order valence-corrected chi connectivity index (χ3v) is 5.42. The van der Waals surface area contributed by atoms with Crippen molar-refractivity contribution in [3.05, 3.63) is 87.5 Å². The Labute approximate surface area is 184 Å². The third-order valence-electron chi connectivity index (χ3n) is 5.42. The van der Waals surface area contributed by atoms with Gasteiger partial charge < -0.3 is 19.5 Å². The summed E-state index contributed by atoms with van der Waals surface area (Å²) in [6, 6.07) is 17.8. The van der Waals surface area contributed by atoms with E-state index in [1.165, 1.54) is 20.3 Å². The lowest BCUT2D eigenvalue weighted by atomic mass is 9.87. The van der Waals surface area contributed by atoms with Crippen molar-refractivity contribution >= 4 is 11.6 Å². The van der Waals surface area contributed by atoms with Crippen LogP contribution in [0.1, 0.15) is 22.6 Å². The molecule has 0 saturated heterocycles. The monoisotopic (exact) mass is 434 g/mol. The molecular weight excluding hydrogens is 412 g/mol. The van der Waals surface area contributed by atoms with Crippen LogP contribution in [0.2, 0.25) is 0 Å². The number of para-hydroxylation sites is 2. The SMILES string of the molecule is COc1cc(CCNC(=O)C2c3ccccc3Oc3ccccc32)c([N+](=O)[O-])cc1OC. The Morgan fingerprint density at radius 2 is 1.56 bits per heavy atom. The minimum absolute atomic E-state index is 0.0846. The van der Waals surface area contributed by atoms with Crippen molar-refractivity contribution in [2.75, 3.05) is 20.8 Å². The summed E-state index contributed by atoms with van der Waals surface area (Å²) in [6.07, 6.45) is 0.259.